The Bertz CT molecular complexity index is 1210. The van der Waals surface area contributed by atoms with Crippen molar-refractivity contribution in [2.24, 2.45) is 0 Å². The summed E-state index contributed by atoms with van der Waals surface area (Å²) in [6.07, 6.45) is 0.531. The van der Waals surface area contributed by atoms with Crippen LogP contribution in [0.4, 0.5) is 8.78 Å². The number of aliphatic carboxylic acids is 1. The van der Waals surface area contributed by atoms with E-state index in [4.69, 9.17) is 25.8 Å². The Hall–Kier alpha value is -2.30. The number of ether oxygens (including phenoxy) is 3. The van der Waals surface area contributed by atoms with Crippen molar-refractivity contribution in [1.29, 1.82) is 0 Å². The molecule has 0 unspecified atom stereocenters. The molecular formula is C23H18ClF2N2NaO5. The Morgan fingerprint density at radius 2 is 1.88 bits per heavy atom. The molecule has 0 radical (unpaired) electrons. The molecular weight excluding hydrogens is 481 g/mol. The largest absolute Gasteiger partial charge is 1.00 e. The molecule has 1 fully saturated rings. The van der Waals surface area contributed by atoms with Gasteiger partial charge in [-0.25, -0.2) is 13.8 Å². The molecule has 7 nitrogen and oxygen atoms in total. The molecule has 1 aliphatic carbocycles. The van der Waals surface area contributed by atoms with Crippen LogP contribution in [0.2, 0.25) is 5.02 Å². The molecule has 0 amide bonds. The molecule has 0 N–H and O–H groups in total. The third-order valence-electron chi connectivity index (χ3n) is 5.02. The monoisotopic (exact) mass is 498 g/mol. The number of carboxylic acid groups (broad SMARTS) is 1. The van der Waals surface area contributed by atoms with Crippen LogP contribution in [0.15, 0.2) is 42.5 Å². The van der Waals surface area contributed by atoms with E-state index in [9.17, 15) is 18.7 Å². The van der Waals surface area contributed by atoms with Crippen LogP contribution in [-0.2, 0) is 9.53 Å². The number of carbonyl (C=O) groups is 1. The van der Waals surface area contributed by atoms with Crippen molar-refractivity contribution >= 4 is 17.6 Å². The average molecular weight is 499 g/mol. The molecule has 4 rings (SSSR count). The van der Waals surface area contributed by atoms with Crippen molar-refractivity contribution < 1.29 is 62.4 Å². The van der Waals surface area contributed by atoms with Crippen LogP contribution in [0.3, 0.4) is 0 Å². The summed E-state index contributed by atoms with van der Waals surface area (Å²) >= 11 is 5.78. The fourth-order valence-electron chi connectivity index (χ4n) is 3.10. The van der Waals surface area contributed by atoms with Crippen molar-refractivity contribution in [2.75, 3.05) is 20.3 Å². The van der Waals surface area contributed by atoms with Gasteiger partial charge in [0.15, 0.2) is 11.4 Å². The molecule has 172 valence electrons. The first kappa shape index (κ1) is 26.3. The maximum absolute atomic E-state index is 14.1. The van der Waals surface area contributed by atoms with Gasteiger partial charge in [0, 0.05) is 30.4 Å². The van der Waals surface area contributed by atoms with Crippen LogP contribution in [0.1, 0.15) is 12.8 Å². The van der Waals surface area contributed by atoms with E-state index in [0.717, 1.165) is 6.07 Å². The molecule has 1 saturated carbocycles. The Morgan fingerprint density at radius 3 is 2.53 bits per heavy atom. The van der Waals surface area contributed by atoms with Gasteiger partial charge in [-0.2, -0.15) is 4.98 Å². The van der Waals surface area contributed by atoms with E-state index in [1.807, 2.05) is 0 Å². The zero-order valence-electron chi connectivity index (χ0n) is 18.4. The van der Waals surface area contributed by atoms with Crippen LogP contribution in [0.5, 0.6) is 11.6 Å². The fourth-order valence-corrected chi connectivity index (χ4v) is 3.22. The van der Waals surface area contributed by atoms with Gasteiger partial charge in [0.25, 0.3) is 0 Å². The first-order chi connectivity index (χ1) is 15.8. The number of halogens is 3. The Kier molecular flexibility index (Phi) is 8.48. The average Bonchev–Trinajstić information content (AvgIpc) is 3.56. The number of nitrogens with zero attached hydrogens (tertiary/aromatic N) is 2. The maximum Gasteiger partial charge on any atom is 1.00 e. The van der Waals surface area contributed by atoms with Gasteiger partial charge in [0.2, 0.25) is 5.88 Å². The predicted octanol–water partition coefficient (Wildman–Crippen LogP) is 0.433. The molecule has 0 saturated heterocycles. The SMILES string of the molecule is COCCOc1cc(F)ccc1-c1cc(OC2(C(=O)[O-])CC2)nc(-c2ccc(Cl)c(F)c2)n1.[Na+]. The minimum atomic E-state index is -1.48. The summed E-state index contributed by atoms with van der Waals surface area (Å²) in [5.41, 5.74) is -0.541. The van der Waals surface area contributed by atoms with Crippen molar-refractivity contribution in [2.45, 2.75) is 18.4 Å². The molecule has 34 heavy (non-hydrogen) atoms. The number of rotatable bonds is 9. The molecule has 0 spiro atoms. The van der Waals surface area contributed by atoms with E-state index >= 15 is 0 Å². The molecule has 0 bridgehead atoms. The Balaban J connectivity index is 0.00000324. The fraction of sp³-hybridized carbons (Fsp3) is 0.261. The first-order valence-corrected chi connectivity index (χ1v) is 10.4. The second-order valence-corrected chi connectivity index (χ2v) is 7.82. The summed E-state index contributed by atoms with van der Waals surface area (Å²) < 4.78 is 44.2. The molecule has 3 aromatic rings. The smallest absolute Gasteiger partial charge is 0.546 e. The predicted molar refractivity (Wildman–Crippen MR) is 113 cm³/mol. The van der Waals surface area contributed by atoms with Gasteiger partial charge >= 0.3 is 29.6 Å². The third kappa shape index (κ3) is 5.84. The number of aromatic nitrogens is 2. The van der Waals surface area contributed by atoms with Crippen molar-refractivity contribution in [3.05, 3.63) is 59.1 Å². The summed E-state index contributed by atoms with van der Waals surface area (Å²) in [6, 6.07) is 9.31. The Labute approximate surface area is 221 Å². The van der Waals surface area contributed by atoms with E-state index in [1.54, 1.807) is 0 Å². The van der Waals surface area contributed by atoms with Crippen LogP contribution >= 0.6 is 11.6 Å². The molecule has 1 aromatic heterocycles. The maximum atomic E-state index is 14.1. The number of hydrogen-bond acceptors (Lipinski definition) is 7. The van der Waals surface area contributed by atoms with Gasteiger partial charge in [0.1, 0.15) is 24.0 Å². The van der Waals surface area contributed by atoms with E-state index in [2.05, 4.69) is 9.97 Å². The summed E-state index contributed by atoms with van der Waals surface area (Å²) in [5.74, 6) is -2.37. The topological polar surface area (TPSA) is 93.6 Å². The number of benzene rings is 2. The van der Waals surface area contributed by atoms with Crippen LogP contribution in [0, 0.1) is 11.6 Å². The summed E-state index contributed by atoms with van der Waals surface area (Å²) in [6.45, 7) is 0.433. The van der Waals surface area contributed by atoms with Crippen molar-refractivity contribution in [3.8, 4) is 34.3 Å². The quantitative estimate of drug-likeness (QED) is 0.312. The number of methoxy groups -OCH3 is 1. The van der Waals surface area contributed by atoms with Crippen molar-refractivity contribution in [1.82, 2.24) is 9.97 Å². The van der Waals surface area contributed by atoms with Gasteiger partial charge in [0.05, 0.1) is 23.3 Å². The van der Waals surface area contributed by atoms with Gasteiger partial charge in [-0.05, 0) is 43.2 Å². The molecule has 0 aliphatic heterocycles. The number of carbonyl (C=O) groups excluding carboxylic acids is 1. The van der Waals surface area contributed by atoms with E-state index in [-0.39, 0.29) is 89.3 Å². The minimum absolute atomic E-state index is 0. The molecule has 0 atom stereocenters. The van der Waals surface area contributed by atoms with E-state index in [0.29, 0.717) is 5.56 Å². The molecule has 11 heteroatoms. The normalized spacial score (nSPS) is 13.6. The van der Waals surface area contributed by atoms with Crippen LogP contribution in [0.25, 0.3) is 22.6 Å². The minimum Gasteiger partial charge on any atom is -0.546 e. The molecule has 1 aliphatic rings. The van der Waals surface area contributed by atoms with Gasteiger partial charge < -0.3 is 24.1 Å². The second-order valence-electron chi connectivity index (χ2n) is 7.41. The van der Waals surface area contributed by atoms with E-state index < -0.39 is 23.2 Å². The standard InChI is InChI=1S/C23H19ClF2N2O5.Na/c1-31-8-9-32-19-11-14(25)3-4-15(19)18-12-20(33-23(6-7-23)22(29)30)28-21(27-18)13-2-5-16(24)17(26)10-13;/h2-5,10-12H,6-9H2,1H3,(H,29,30);/q;+1/p-1. The Morgan fingerprint density at radius 1 is 1.12 bits per heavy atom. The molecule has 2 aromatic carbocycles. The van der Waals surface area contributed by atoms with Gasteiger partial charge in [-0.1, -0.05) is 11.6 Å². The van der Waals surface area contributed by atoms with Crippen LogP contribution < -0.4 is 44.1 Å². The van der Waals surface area contributed by atoms with Gasteiger partial charge in [-0.15, -0.1) is 0 Å². The zero-order chi connectivity index (χ0) is 23.6. The first-order valence-electron chi connectivity index (χ1n) is 9.98. The molecule has 1 heterocycles. The summed E-state index contributed by atoms with van der Waals surface area (Å²) in [5, 5.41) is 11.4. The zero-order valence-corrected chi connectivity index (χ0v) is 21.2. The van der Waals surface area contributed by atoms with E-state index in [1.165, 1.54) is 43.5 Å². The summed E-state index contributed by atoms with van der Waals surface area (Å²) in [7, 11) is 1.51. The second kappa shape index (κ2) is 11.0. The van der Waals surface area contributed by atoms with Gasteiger partial charge in [-0.3, -0.25) is 0 Å². The van der Waals surface area contributed by atoms with Crippen molar-refractivity contribution in [3.63, 3.8) is 0 Å². The third-order valence-corrected chi connectivity index (χ3v) is 5.33. The number of hydrogen-bond donors (Lipinski definition) is 0. The van der Waals surface area contributed by atoms with Crippen LogP contribution in [-0.4, -0.2) is 41.9 Å². The number of carboxylic acids is 1. The summed E-state index contributed by atoms with van der Waals surface area (Å²) in [4.78, 5) is 20.2.